The van der Waals surface area contributed by atoms with E-state index >= 15 is 0 Å². The monoisotopic (exact) mass is 473 g/mol. The summed E-state index contributed by atoms with van der Waals surface area (Å²) >= 11 is 0. The number of hydrogen-bond acceptors (Lipinski definition) is 10. The van der Waals surface area contributed by atoms with Crippen LogP contribution in [-0.4, -0.2) is 66.7 Å². The fourth-order valence-corrected chi connectivity index (χ4v) is 3.87. The van der Waals surface area contributed by atoms with Crippen molar-refractivity contribution in [3.05, 3.63) is 47.0 Å². The van der Waals surface area contributed by atoms with Gasteiger partial charge in [-0.3, -0.25) is 14.3 Å². The van der Waals surface area contributed by atoms with Crippen molar-refractivity contribution >= 4 is 23.1 Å². The molecule has 0 radical (unpaired) electrons. The number of para-hydroxylation sites is 1. The van der Waals surface area contributed by atoms with E-state index in [2.05, 4.69) is 15.0 Å². The number of H-pyrrole nitrogens is 1. The molecular formula is C22H27N5O7. The van der Waals surface area contributed by atoms with Crippen molar-refractivity contribution in [1.82, 2.24) is 19.5 Å². The largest absolute Gasteiger partial charge is 0.482 e. The SMILES string of the molecule is CC(C)(C)C(OC(=O)COc1ccccc1)[C@H]1O[C@@H](n2cnc3c(=O)[nH]c(N)nc32)[C@H](O)[C@@H]1O. The Kier molecular flexibility index (Phi) is 6.30. The molecule has 1 saturated heterocycles. The third kappa shape index (κ3) is 4.60. The van der Waals surface area contributed by atoms with E-state index in [1.54, 1.807) is 24.3 Å². The number of imidazole rings is 1. The third-order valence-corrected chi connectivity index (χ3v) is 5.51. The number of nitrogens with zero attached hydrogens (tertiary/aromatic N) is 3. The Labute approximate surface area is 194 Å². The third-order valence-electron chi connectivity index (χ3n) is 5.51. The van der Waals surface area contributed by atoms with Gasteiger partial charge in [0.1, 0.15) is 30.2 Å². The molecule has 5 atom stereocenters. The minimum absolute atomic E-state index is 0.000185. The van der Waals surface area contributed by atoms with E-state index < -0.39 is 47.6 Å². The van der Waals surface area contributed by atoms with Crippen molar-refractivity contribution in [2.45, 2.75) is 51.4 Å². The first-order valence-corrected chi connectivity index (χ1v) is 10.7. The molecule has 0 aliphatic carbocycles. The fourth-order valence-electron chi connectivity index (χ4n) is 3.87. The van der Waals surface area contributed by atoms with Crippen LogP contribution in [0.3, 0.4) is 0 Å². The summed E-state index contributed by atoms with van der Waals surface area (Å²) in [7, 11) is 0. The number of aromatic nitrogens is 4. The predicted octanol–water partition coefficient (Wildman–Crippen LogP) is 0.358. The minimum Gasteiger partial charge on any atom is -0.482 e. The summed E-state index contributed by atoms with van der Waals surface area (Å²) in [6.07, 6.45) is -4.74. The average molecular weight is 473 g/mol. The number of fused-ring (bicyclic) bond motifs is 1. The molecule has 0 amide bonds. The average Bonchev–Trinajstić information content (AvgIpc) is 3.32. The number of rotatable bonds is 6. The molecule has 0 saturated carbocycles. The van der Waals surface area contributed by atoms with Crippen LogP contribution >= 0.6 is 0 Å². The normalized spacial score (nSPS) is 23.7. The molecule has 4 rings (SSSR count). The molecule has 12 heteroatoms. The summed E-state index contributed by atoms with van der Waals surface area (Å²) in [5.41, 5.74) is 4.51. The second-order valence-electron chi connectivity index (χ2n) is 9.13. The van der Waals surface area contributed by atoms with Gasteiger partial charge in [0.25, 0.3) is 5.56 Å². The number of hydrogen-bond donors (Lipinski definition) is 4. The molecule has 1 aromatic carbocycles. The van der Waals surface area contributed by atoms with Crippen molar-refractivity contribution in [3.8, 4) is 5.75 Å². The standard InChI is InChI=1S/C22H27N5O7/c1-22(2,3)17(33-12(28)9-32-11-7-5-4-6-8-11)16-14(29)15(30)20(34-16)27-10-24-13-18(27)25-21(23)26-19(13)31/h4-8,10,14-17,20,29-30H,9H2,1-3H3,(H3,23,25,26,31)/t14-,15+,16-,17?,20+/m0/s1. The van der Waals surface area contributed by atoms with Gasteiger partial charge in [0.15, 0.2) is 24.0 Å². The Morgan fingerprint density at radius 1 is 1.26 bits per heavy atom. The highest BCUT2D eigenvalue weighted by Crippen LogP contribution is 2.38. The summed E-state index contributed by atoms with van der Waals surface area (Å²) in [4.78, 5) is 35.1. The lowest BCUT2D eigenvalue weighted by molar-refractivity contribution is -0.176. The fraction of sp³-hybridized carbons (Fsp3) is 0.455. The summed E-state index contributed by atoms with van der Waals surface area (Å²) in [6, 6.07) is 8.80. The molecule has 2 aromatic heterocycles. The summed E-state index contributed by atoms with van der Waals surface area (Å²) in [5, 5.41) is 21.6. The Bertz CT molecular complexity index is 1220. The molecule has 1 fully saturated rings. The molecule has 3 aromatic rings. The van der Waals surface area contributed by atoms with Crippen LogP contribution in [0.5, 0.6) is 5.75 Å². The quantitative estimate of drug-likeness (QED) is 0.366. The Hall–Kier alpha value is -3.48. The zero-order chi connectivity index (χ0) is 24.6. The van der Waals surface area contributed by atoms with Gasteiger partial charge in [0.2, 0.25) is 5.95 Å². The molecule has 1 unspecified atom stereocenters. The Balaban J connectivity index is 1.55. The number of aliphatic hydroxyl groups is 2. The van der Waals surface area contributed by atoms with Crippen LogP contribution in [0.4, 0.5) is 5.95 Å². The summed E-state index contributed by atoms with van der Waals surface area (Å²) < 4.78 is 18.4. The lowest BCUT2D eigenvalue weighted by Crippen LogP contribution is -2.48. The Morgan fingerprint density at radius 3 is 2.65 bits per heavy atom. The number of esters is 1. The van der Waals surface area contributed by atoms with E-state index in [-0.39, 0.29) is 23.7 Å². The van der Waals surface area contributed by atoms with E-state index in [0.29, 0.717) is 5.75 Å². The smallest absolute Gasteiger partial charge is 0.344 e. The van der Waals surface area contributed by atoms with E-state index in [9.17, 15) is 19.8 Å². The van der Waals surface area contributed by atoms with Crippen LogP contribution in [0.25, 0.3) is 11.2 Å². The number of benzene rings is 1. The maximum Gasteiger partial charge on any atom is 0.344 e. The van der Waals surface area contributed by atoms with E-state index in [1.807, 2.05) is 26.8 Å². The van der Waals surface area contributed by atoms with Crippen molar-refractivity contribution in [3.63, 3.8) is 0 Å². The van der Waals surface area contributed by atoms with E-state index in [4.69, 9.17) is 19.9 Å². The number of aromatic amines is 1. The molecular weight excluding hydrogens is 446 g/mol. The maximum absolute atomic E-state index is 12.6. The number of ether oxygens (including phenoxy) is 3. The second-order valence-corrected chi connectivity index (χ2v) is 9.13. The molecule has 1 aliphatic heterocycles. The number of nitrogens with one attached hydrogen (secondary N) is 1. The second kappa shape index (κ2) is 9.05. The first-order valence-electron chi connectivity index (χ1n) is 10.7. The highest BCUT2D eigenvalue weighted by molar-refractivity contribution is 5.71. The van der Waals surface area contributed by atoms with Crippen LogP contribution < -0.4 is 16.0 Å². The molecule has 3 heterocycles. The van der Waals surface area contributed by atoms with Gasteiger partial charge in [-0.05, 0) is 12.1 Å². The van der Waals surface area contributed by atoms with Crippen LogP contribution in [0.2, 0.25) is 0 Å². The summed E-state index contributed by atoms with van der Waals surface area (Å²) in [6.45, 7) is 5.09. The number of aliphatic hydroxyl groups excluding tert-OH is 2. The lowest BCUT2D eigenvalue weighted by atomic mass is 9.83. The van der Waals surface area contributed by atoms with Gasteiger partial charge >= 0.3 is 5.97 Å². The topological polar surface area (TPSA) is 175 Å². The zero-order valence-corrected chi connectivity index (χ0v) is 18.9. The molecule has 0 spiro atoms. The number of anilines is 1. The number of nitrogens with two attached hydrogens (primary N) is 1. The van der Waals surface area contributed by atoms with Crippen LogP contribution in [0, 0.1) is 5.41 Å². The predicted molar refractivity (Wildman–Crippen MR) is 120 cm³/mol. The highest BCUT2D eigenvalue weighted by Gasteiger charge is 2.52. The van der Waals surface area contributed by atoms with Crippen molar-refractivity contribution in [1.29, 1.82) is 0 Å². The van der Waals surface area contributed by atoms with Gasteiger partial charge in [0, 0.05) is 5.41 Å². The van der Waals surface area contributed by atoms with Gasteiger partial charge in [0.05, 0.1) is 6.33 Å². The first-order chi connectivity index (χ1) is 16.1. The first kappa shape index (κ1) is 23.7. The molecule has 5 N–H and O–H groups in total. The minimum atomic E-state index is -1.42. The van der Waals surface area contributed by atoms with Gasteiger partial charge in [-0.1, -0.05) is 39.0 Å². The van der Waals surface area contributed by atoms with Gasteiger partial charge < -0.3 is 30.2 Å². The molecule has 12 nitrogen and oxygen atoms in total. The number of carbonyl (C=O) groups excluding carboxylic acids is 1. The van der Waals surface area contributed by atoms with Crippen LogP contribution in [0.15, 0.2) is 41.5 Å². The number of carbonyl (C=O) groups is 1. The Morgan fingerprint density at radius 2 is 1.97 bits per heavy atom. The molecule has 0 bridgehead atoms. The van der Waals surface area contributed by atoms with E-state index in [1.165, 1.54) is 10.9 Å². The van der Waals surface area contributed by atoms with Crippen molar-refractivity contribution < 1.29 is 29.2 Å². The summed E-state index contributed by atoms with van der Waals surface area (Å²) in [5.74, 6) is -0.288. The highest BCUT2D eigenvalue weighted by atomic mass is 16.6. The maximum atomic E-state index is 12.6. The van der Waals surface area contributed by atoms with Gasteiger partial charge in [-0.2, -0.15) is 4.98 Å². The zero-order valence-electron chi connectivity index (χ0n) is 18.9. The van der Waals surface area contributed by atoms with Crippen LogP contribution in [0.1, 0.15) is 27.0 Å². The van der Waals surface area contributed by atoms with Gasteiger partial charge in [-0.15, -0.1) is 0 Å². The van der Waals surface area contributed by atoms with Gasteiger partial charge in [-0.25, -0.2) is 9.78 Å². The number of nitrogen functional groups attached to an aromatic ring is 1. The van der Waals surface area contributed by atoms with E-state index in [0.717, 1.165) is 0 Å². The molecule has 182 valence electrons. The molecule has 34 heavy (non-hydrogen) atoms. The van der Waals surface area contributed by atoms with Crippen molar-refractivity contribution in [2.75, 3.05) is 12.3 Å². The van der Waals surface area contributed by atoms with Crippen molar-refractivity contribution in [2.24, 2.45) is 5.41 Å². The van der Waals surface area contributed by atoms with Crippen LogP contribution in [-0.2, 0) is 14.3 Å². The lowest BCUT2D eigenvalue weighted by Gasteiger charge is -2.35. The molecule has 1 aliphatic rings.